The first-order valence-electron chi connectivity index (χ1n) is 5.34. The summed E-state index contributed by atoms with van der Waals surface area (Å²) in [6.07, 6.45) is 0.00639. The molecule has 0 heterocycles. The van der Waals surface area contributed by atoms with Crippen LogP contribution in [0.2, 0.25) is 0 Å². The smallest absolute Gasteiger partial charge is 0.149 e. The number of halogens is 2. The van der Waals surface area contributed by atoms with Crippen molar-refractivity contribution < 1.29 is 8.78 Å². The molecule has 0 bridgehead atoms. The van der Waals surface area contributed by atoms with Gasteiger partial charge in [0.25, 0.3) is 0 Å². The van der Waals surface area contributed by atoms with E-state index in [9.17, 15) is 8.78 Å². The zero-order valence-corrected chi connectivity index (χ0v) is 9.45. The Labute approximate surface area is 103 Å². The molecule has 0 fully saturated rings. The van der Waals surface area contributed by atoms with E-state index in [1.54, 1.807) is 6.07 Å². The highest BCUT2D eigenvalue weighted by atomic mass is 19.1. The van der Waals surface area contributed by atoms with Crippen molar-refractivity contribution in [2.45, 2.75) is 6.42 Å². The Hall–Kier alpha value is -2.41. The van der Waals surface area contributed by atoms with Crippen LogP contribution in [0, 0.1) is 23.0 Å². The van der Waals surface area contributed by atoms with Gasteiger partial charge in [0.1, 0.15) is 11.6 Å². The Kier molecular flexibility index (Phi) is 3.24. The number of hydrogen-bond donors (Lipinski definition) is 1. The van der Waals surface area contributed by atoms with Crippen molar-refractivity contribution in [1.82, 2.24) is 0 Å². The van der Waals surface area contributed by atoms with Crippen molar-refractivity contribution in [3.05, 3.63) is 64.7 Å². The van der Waals surface area contributed by atoms with E-state index in [0.717, 1.165) is 0 Å². The van der Waals surface area contributed by atoms with Gasteiger partial charge in [-0.05, 0) is 23.8 Å². The number of benzene rings is 2. The molecule has 0 aromatic heterocycles. The van der Waals surface area contributed by atoms with Crippen LogP contribution in [0.15, 0.2) is 36.4 Å². The fraction of sp³-hybridized carbons (Fsp3) is 0.0714. The van der Waals surface area contributed by atoms with Gasteiger partial charge < -0.3 is 5.73 Å². The number of nitrogens with zero attached hydrogens (tertiary/aromatic N) is 1. The first kappa shape index (κ1) is 12.1. The van der Waals surface area contributed by atoms with Crippen LogP contribution in [0.5, 0.6) is 0 Å². The molecule has 2 rings (SSSR count). The standard InChI is InChI=1S/C14H10F2N2/c15-12-5-1-4-10(8-17)11(12)7-9-3-2-6-13(18)14(9)16/h1-6H,7,18H2. The molecule has 90 valence electrons. The Morgan fingerprint density at radius 2 is 1.83 bits per heavy atom. The average Bonchev–Trinajstić information content (AvgIpc) is 2.37. The van der Waals surface area contributed by atoms with Gasteiger partial charge in [-0.15, -0.1) is 0 Å². The van der Waals surface area contributed by atoms with E-state index in [-0.39, 0.29) is 28.8 Å². The molecular formula is C14H10F2N2. The lowest BCUT2D eigenvalue weighted by atomic mass is 9.99. The topological polar surface area (TPSA) is 49.8 Å². The summed E-state index contributed by atoms with van der Waals surface area (Å²) in [4.78, 5) is 0. The van der Waals surface area contributed by atoms with Gasteiger partial charge in [-0.1, -0.05) is 18.2 Å². The number of nitriles is 1. The van der Waals surface area contributed by atoms with Crippen LogP contribution in [0.3, 0.4) is 0 Å². The van der Waals surface area contributed by atoms with Crippen LogP contribution in [0.4, 0.5) is 14.5 Å². The zero-order valence-electron chi connectivity index (χ0n) is 9.45. The van der Waals surface area contributed by atoms with Gasteiger partial charge in [-0.2, -0.15) is 5.26 Å². The van der Waals surface area contributed by atoms with Crippen molar-refractivity contribution >= 4 is 5.69 Å². The van der Waals surface area contributed by atoms with Gasteiger partial charge in [0.2, 0.25) is 0 Å². The summed E-state index contributed by atoms with van der Waals surface area (Å²) in [6, 6.07) is 10.7. The molecule has 0 saturated heterocycles. The normalized spacial score (nSPS) is 10.1. The van der Waals surface area contributed by atoms with E-state index in [1.807, 2.05) is 6.07 Å². The number of nitrogen functional groups attached to an aromatic ring is 1. The highest BCUT2D eigenvalue weighted by Gasteiger charge is 2.12. The maximum atomic E-state index is 13.7. The first-order valence-corrected chi connectivity index (χ1v) is 5.34. The average molecular weight is 244 g/mol. The summed E-state index contributed by atoms with van der Waals surface area (Å²) < 4.78 is 27.4. The molecule has 0 radical (unpaired) electrons. The maximum Gasteiger partial charge on any atom is 0.149 e. The molecule has 2 N–H and O–H groups in total. The predicted molar refractivity (Wildman–Crippen MR) is 64.7 cm³/mol. The first-order chi connectivity index (χ1) is 8.63. The third kappa shape index (κ3) is 2.16. The molecule has 0 aliphatic carbocycles. The minimum absolute atomic E-state index is 0.00639. The molecule has 2 aromatic rings. The van der Waals surface area contributed by atoms with Gasteiger partial charge in [0, 0.05) is 12.0 Å². The lowest BCUT2D eigenvalue weighted by molar-refractivity contribution is 0.600. The van der Waals surface area contributed by atoms with Crippen LogP contribution < -0.4 is 5.73 Å². The molecule has 2 aromatic carbocycles. The van der Waals surface area contributed by atoms with Gasteiger partial charge in [0.15, 0.2) is 0 Å². The number of nitrogens with two attached hydrogens (primary N) is 1. The SMILES string of the molecule is N#Cc1cccc(F)c1Cc1cccc(N)c1F. The number of hydrogen-bond acceptors (Lipinski definition) is 2. The van der Waals surface area contributed by atoms with Crippen LogP contribution in [-0.2, 0) is 6.42 Å². The van der Waals surface area contributed by atoms with Crippen LogP contribution in [-0.4, -0.2) is 0 Å². The molecule has 0 unspecified atom stereocenters. The van der Waals surface area contributed by atoms with Gasteiger partial charge in [0.05, 0.1) is 17.3 Å². The minimum Gasteiger partial charge on any atom is -0.396 e. The second-order valence-electron chi connectivity index (χ2n) is 3.87. The molecular weight excluding hydrogens is 234 g/mol. The molecule has 4 heteroatoms. The summed E-state index contributed by atoms with van der Waals surface area (Å²) in [5.41, 5.74) is 6.13. The van der Waals surface area contributed by atoms with E-state index >= 15 is 0 Å². The Morgan fingerprint density at radius 1 is 1.11 bits per heavy atom. The monoisotopic (exact) mass is 244 g/mol. The molecule has 2 nitrogen and oxygen atoms in total. The van der Waals surface area contributed by atoms with E-state index in [0.29, 0.717) is 0 Å². The molecule has 0 spiro atoms. The fourth-order valence-electron chi connectivity index (χ4n) is 1.77. The summed E-state index contributed by atoms with van der Waals surface area (Å²) in [5, 5.41) is 8.91. The van der Waals surface area contributed by atoms with Gasteiger partial charge in [-0.3, -0.25) is 0 Å². The number of rotatable bonds is 2. The molecule has 0 atom stereocenters. The second kappa shape index (κ2) is 4.84. The molecule has 0 aliphatic rings. The zero-order chi connectivity index (χ0) is 13.1. The lowest BCUT2D eigenvalue weighted by Gasteiger charge is -2.08. The van der Waals surface area contributed by atoms with Crippen LogP contribution in [0.25, 0.3) is 0 Å². The van der Waals surface area contributed by atoms with Crippen molar-refractivity contribution in [3.8, 4) is 6.07 Å². The third-order valence-electron chi connectivity index (χ3n) is 2.72. The Balaban J connectivity index is 2.47. The Bertz CT molecular complexity index is 630. The maximum absolute atomic E-state index is 13.7. The number of anilines is 1. The summed E-state index contributed by atoms with van der Waals surface area (Å²) in [7, 11) is 0. The summed E-state index contributed by atoms with van der Waals surface area (Å²) in [5.74, 6) is -1.08. The molecule has 0 saturated carbocycles. The predicted octanol–water partition coefficient (Wildman–Crippen LogP) is 3.01. The van der Waals surface area contributed by atoms with Crippen LogP contribution >= 0.6 is 0 Å². The lowest BCUT2D eigenvalue weighted by Crippen LogP contribution is -2.01. The largest absolute Gasteiger partial charge is 0.396 e. The highest BCUT2D eigenvalue weighted by Crippen LogP contribution is 2.21. The van der Waals surface area contributed by atoms with Crippen molar-refractivity contribution in [2.75, 3.05) is 5.73 Å². The van der Waals surface area contributed by atoms with Crippen molar-refractivity contribution in [1.29, 1.82) is 5.26 Å². The van der Waals surface area contributed by atoms with E-state index in [2.05, 4.69) is 0 Å². The van der Waals surface area contributed by atoms with Crippen molar-refractivity contribution in [2.24, 2.45) is 0 Å². The van der Waals surface area contributed by atoms with Crippen LogP contribution in [0.1, 0.15) is 16.7 Å². The highest BCUT2D eigenvalue weighted by molar-refractivity contribution is 5.47. The quantitative estimate of drug-likeness (QED) is 0.825. The van der Waals surface area contributed by atoms with E-state index in [4.69, 9.17) is 11.0 Å². The summed E-state index contributed by atoms with van der Waals surface area (Å²) >= 11 is 0. The fourth-order valence-corrected chi connectivity index (χ4v) is 1.77. The molecule has 0 aliphatic heterocycles. The molecule has 0 amide bonds. The van der Waals surface area contributed by atoms with Gasteiger partial charge >= 0.3 is 0 Å². The third-order valence-corrected chi connectivity index (χ3v) is 2.72. The summed E-state index contributed by atoms with van der Waals surface area (Å²) in [6.45, 7) is 0. The molecule has 18 heavy (non-hydrogen) atoms. The minimum atomic E-state index is -0.565. The van der Waals surface area contributed by atoms with E-state index < -0.39 is 11.6 Å². The Morgan fingerprint density at radius 3 is 2.56 bits per heavy atom. The van der Waals surface area contributed by atoms with E-state index in [1.165, 1.54) is 30.3 Å². The van der Waals surface area contributed by atoms with Gasteiger partial charge in [-0.25, -0.2) is 8.78 Å². The second-order valence-corrected chi connectivity index (χ2v) is 3.87. The van der Waals surface area contributed by atoms with Crippen molar-refractivity contribution in [3.63, 3.8) is 0 Å².